The molecule has 2 N–H and O–H groups in total. The van der Waals surface area contributed by atoms with E-state index in [0.717, 1.165) is 0 Å². The SMILES string of the molecule is CNP1(NC)=NP(N(C)C)(N(C)C)=NP(N(C)C)(N(C)C)=N1. The lowest BCUT2D eigenvalue weighted by molar-refractivity contribution is 0.545. The molecule has 132 valence electrons. The van der Waals surface area contributed by atoms with E-state index in [4.69, 9.17) is 13.5 Å². The van der Waals surface area contributed by atoms with Crippen LogP contribution in [0.4, 0.5) is 0 Å². The van der Waals surface area contributed by atoms with Crippen molar-refractivity contribution in [2.24, 2.45) is 13.5 Å². The summed E-state index contributed by atoms with van der Waals surface area (Å²) < 4.78 is 24.1. The molecule has 1 rings (SSSR count). The largest absolute Gasteiger partial charge is 0.257 e. The summed E-state index contributed by atoms with van der Waals surface area (Å²) in [6.45, 7) is 0. The fourth-order valence-electron chi connectivity index (χ4n) is 2.21. The molecule has 0 aromatic heterocycles. The van der Waals surface area contributed by atoms with Crippen molar-refractivity contribution in [3.63, 3.8) is 0 Å². The second kappa shape index (κ2) is 7.14. The third-order valence-corrected chi connectivity index (χ3v) is 15.0. The minimum absolute atomic E-state index is 1.92. The van der Waals surface area contributed by atoms with Crippen molar-refractivity contribution in [2.45, 2.75) is 0 Å². The monoisotopic (exact) mass is 371 g/mol. The van der Waals surface area contributed by atoms with Gasteiger partial charge in [-0.2, -0.15) is 13.5 Å². The predicted molar refractivity (Wildman–Crippen MR) is 101 cm³/mol. The van der Waals surface area contributed by atoms with Crippen molar-refractivity contribution >= 4 is 22.5 Å². The van der Waals surface area contributed by atoms with E-state index in [0.29, 0.717) is 0 Å². The molecule has 1 aliphatic rings. The Morgan fingerprint density at radius 3 is 1.14 bits per heavy atom. The minimum atomic E-state index is -2.22. The Balaban J connectivity index is 3.99. The normalized spacial score (nSPS) is 22.6. The maximum absolute atomic E-state index is 5.27. The maximum atomic E-state index is 5.27. The smallest absolute Gasteiger partial charge is 0.220 e. The Bertz CT molecular complexity index is 512. The first-order chi connectivity index (χ1) is 10.0. The average Bonchev–Trinajstić information content (AvgIpc) is 2.45. The highest BCUT2D eigenvalue weighted by Gasteiger charge is 2.41. The Morgan fingerprint density at radius 1 is 0.545 bits per heavy atom. The molecule has 0 amide bonds. The molecule has 0 aromatic carbocycles. The topological polar surface area (TPSA) is 74.1 Å². The lowest BCUT2D eigenvalue weighted by Crippen LogP contribution is -2.28. The zero-order valence-corrected chi connectivity index (χ0v) is 18.2. The van der Waals surface area contributed by atoms with Crippen LogP contribution in [0, 0.1) is 0 Å². The van der Waals surface area contributed by atoms with Gasteiger partial charge in [0.15, 0.2) is 0 Å². The van der Waals surface area contributed by atoms with E-state index in [1.807, 2.05) is 70.5 Å². The van der Waals surface area contributed by atoms with Crippen molar-refractivity contribution in [3.05, 3.63) is 0 Å². The fraction of sp³-hybridized carbons (Fsp3) is 1.00. The number of nitrogens with one attached hydrogen (secondary N) is 2. The summed E-state index contributed by atoms with van der Waals surface area (Å²) in [7, 11) is 13.6. The molecular weight excluding hydrogens is 339 g/mol. The van der Waals surface area contributed by atoms with E-state index in [2.05, 4.69) is 28.9 Å². The van der Waals surface area contributed by atoms with Crippen molar-refractivity contribution in [1.29, 1.82) is 0 Å². The highest BCUT2D eigenvalue weighted by Crippen LogP contribution is 2.78. The number of hydrogen-bond acceptors (Lipinski definition) is 9. The van der Waals surface area contributed by atoms with Crippen molar-refractivity contribution < 1.29 is 0 Å². The molecule has 0 atom stereocenters. The van der Waals surface area contributed by atoms with Gasteiger partial charge in [0.25, 0.3) is 0 Å². The zero-order chi connectivity index (χ0) is 17.3. The van der Waals surface area contributed by atoms with Crippen LogP contribution in [-0.2, 0) is 0 Å². The molecule has 0 radical (unpaired) electrons. The van der Waals surface area contributed by atoms with E-state index in [1.165, 1.54) is 0 Å². The standard InChI is InChI=1S/C10H32N9P3/c1-11-20(12-2)13-21(16(3)4,17(5)6)15-22(14-20,18(7)8)19(9)10/h11-12H,1-10H3. The van der Waals surface area contributed by atoms with Gasteiger partial charge in [-0.3, -0.25) is 10.2 Å². The van der Waals surface area contributed by atoms with E-state index < -0.39 is 22.5 Å². The first-order valence-corrected chi connectivity index (χ1v) is 11.9. The van der Waals surface area contributed by atoms with Gasteiger partial charge in [0.1, 0.15) is 0 Å². The van der Waals surface area contributed by atoms with Crippen LogP contribution in [0.1, 0.15) is 0 Å². The summed E-state index contributed by atoms with van der Waals surface area (Å²) >= 11 is 0. The Hall–Kier alpha value is 0.450. The first kappa shape index (κ1) is 20.5. The van der Waals surface area contributed by atoms with E-state index in [9.17, 15) is 0 Å². The third-order valence-electron chi connectivity index (χ3n) is 3.51. The van der Waals surface area contributed by atoms with Crippen LogP contribution in [0.2, 0.25) is 0 Å². The lowest BCUT2D eigenvalue weighted by atomic mass is 11.3. The van der Waals surface area contributed by atoms with Crippen LogP contribution >= 0.6 is 22.5 Å². The van der Waals surface area contributed by atoms with Crippen LogP contribution in [-0.4, -0.2) is 89.2 Å². The van der Waals surface area contributed by atoms with Crippen LogP contribution in [0.15, 0.2) is 13.5 Å². The quantitative estimate of drug-likeness (QED) is 0.699. The second-order valence-electron chi connectivity index (χ2n) is 5.78. The molecular formula is C10H32N9P3. The molecule has 22 heavy (non-hydrogen) atoms. The summed E-state index contributed by atoms with van der Waals surface area (Å²) in [6, 6.07) is 0. The van der Waals surface area contributed by atoms with Gasteiger partial charge >= 0.3 is 0 Å². The molecule has 0 saturated heterocycles. The number of hydrogen-bond donors (Lipinski definition) is 2. The molecule has 1 heterocycles. The molecule has 12 heteroatoms. The van der Waals surface area contributed by atoms with Crippen molar-refractivity contribution in [2.75, 3.05) is 70.5 Å². The van der Waals surface area contributed by atoms with E-state index in [-0.39, 0.29) is 0 Å². The molecule has 0 aromatic rings. The Labute approximate surface area is 136 Å². The van der Waals surface area contributed by atoms with Gasteiger partial charge < -0.3 is 0 Å². The molecule has 0 fully saturated rings. The number of rotatable bonds is 6. The number of nitrogens with zero attached hydrogens (tertiary/aromatic N) is 7. The van der Waals surface area contributed by atoms with Crippen LogP contribution in [0.25, 0.3) is 0 Å². The average molecular weight is 371 g/mol. The Kier molecular flexibility index (Phi) is 6.65. The highest BCUT2D eigenvalue weighted by molar-refractivity contribution is 7.83. The van der Waals surface area contributed by atoms with Crippen LogP contribution in [0.3, 0.4) is 0 Å². The molecule has 0 unspecified atom stereocenters. The maximum Gasteiger partial charge on any atom is 0.220 e. The molecule has 1 aliphatic heterocycles. The summed E-state index contributed by atoms with van der Waals surface area (Å²) in [5, 5.41) is 6.70. The molecule has 0 saturated carbocycles. The summed E-state index contributed by atoms with van der Waals surface area (Å²) in [5.74, 6) is 0. The van der Waals surface area contributed by atoms with Crippen molar-refractivity contribution in [3.8, 4) is 0 Å². The van der Waals surface area contributed by atoms with Crippen LogP contribution < -0.4 is 10.2 Å². The highest BCUT2D eigenvalue weighted by atomic mass is 31.3. The van der Waals surface area contributed by atoms with Gasteiger partial charge in [-0.1, -0.05) is 0 Å². The minimum Gasteiger partial charge on any atom is -0.257 e. The van der Waals surface area contributed by atoms with Crippen molar-refractivity contribution in [1.82, 2.24) is 28.9 Å². The summed E-state index contributed by atoms with van der Waals surface area (Å²) in [6.07, 6.45) is 0. The summed E-state index contributed by atoms with van der Waals surface area (Å²) in [5.41, 5.74) is 0. The van der Waals surface area contributed by atoms with Gasteiger partial charge in [0.05, 0.1) is 0 Å². The van der Waals surface area contributed by atoms with E-state index >= 15 is 0 Å². The fourth-order valence-corrected chi connectivity index (χ4v) is 15.9. The van der Waals surface area contributed by atoms with Gasteiger partial charge in [-0.25, -0.2) is 18.7 Å². The third kappa shape index (κ3) is 3.30. The van der Waals surface area contributed by atoms with Gasteiger partial charge in [0, 0.05) is 0 Å². The lowest BCUT2D eigenvalue weighted by Gasteiger charge is -2.44. The molecule has 0 spiro atoms. The van der Waals surface area contributed by atoms with Gasteiger partial charge in [0.2, 0.25) is 22.5 Å². The predicted octanol–water partition coefficient (Wildman–Crippen LogP) is 2.52. The Morgan fingerprint density at radius 2 is 0.864 bits per heavy atom. The second-order valence-corrected chi connectivity index (χ2v) is 15.4. The van der Waals surface area contributed by atoms with E-state index in [1.54, 1.807) is 0 Å². The van der Waals surface area contributed by atoms with Crippen LogP contribution in [0.5, 0.6) is 0 Å². The zero-order valence-electron chi connectivity index (χ0n) is 15.5. The molecule has 0 bridgehead atoms. The summed E-state index contributed by atoms with van der Waals surface area (Å²) in [4.78, 5) is 0. The first-order valence-electron chi connectivity index (χ1n) is 7.02. The molecule has 0 aliphatic carbocycles. The molecule has 9 nitrogen and oxygen atoms in total. The van der Waals surface area contributed by atoms with Gasteiger partial charge in [-0.15, -0.1) is 0 Å². The van der Waals surface area contributed by atoms with Gasteiger partial charge in [-0.05, 0) is 70.5 Å².